The van der Waals surface area contributed by atoms with Gasteiger partial charge in [0.15, 0.2) is 0 Å². The molecule has 3 rings (SSSR count). The average Bonchev–Trinajstić information content (AvgIpc) is 3.23. The molecule has 1 aromatic heterocycles. The van der Waals surface area contributed by atoms with Crippen molar-refractivity contribution in [1.82, 2.24) is 15.8 Å². The fourth-order valence-electron chi connectivity index (χ4n) is 3.65. The molecule has 160 valence electrons. The van der Waals surface area contributed by atoms with E-state index in [-0.39, 0.29) is 11.9 Å². The normalized spacial score (nSPS) is 13.8. The lowest BCUT2D eigenvalue weighted by Crippen LogP contribution is -2.28. The van der Waals surface area contributed by atoms with Gasteiger partial charge < -0.3 is 11.1 Å². The van der Waals surface area contributed by atoms with E-state index in [0.717, 1.165) is 18.4 Å². The second-order valence-electron chi connectivity index (χ2n) is 7.48. The summed E-state index contributed by atoms with van der Waals surface area (Å²) >= 11 is 0. The number of amides is 3. The van der Waals surface area contributed by atoms with Crippen LogP contribution in [-0.4, -0.2) is 30.1 Å². The van der Waals surface area contributed by atoms with E-state index in [1.807, 2.05) is 13.0 Å². The third-order valence-corrected chi connectivity index (χ3v) is 5.20. The van der Waals surface area contributed by atoms with Crippen LogP contribution in [0, 0.1) is 5.92 Å². The Morgan fingerprint density at radius 2 is 2.03 bits per heavy atom. The van der Waals surface area contributed by atoms with Gasteiger partial charge in [-0.3, -0.25) is 14.9 Å². The molecule has 0 atom stereocenters. The van der Waals surface area contributed by atoms with E-state index >= 15 is 0 Å². The Labute approximate surface area is 176 Å². The predicted molar refractivity (Wildman–Crippen MR) is 116 cm³/mol. The molecule has 1 saturated carbocycles. The lowest BCUT2D eigenvalue weighted by Gasteiger charge is -2.14. The van der Waals surface area contributed by atoms with Crippen LogP contribution in [0.4, 0.5) is 16.3 Å². The number of nitrogens with two attached hydrogens (primary N) is 1. The van der Waals surface area contributed by atoms with Gasteiger partial charge in [-0.1, -0.05) is 18.9 Å². The number of nitrogen functional groups attached to an aromatic ring is 1. The van der Waals surface area contributed by atoms with Gasteiger partial charge in [-0.05, 0) is 61.1 Å². The summed E-state index contributed by atoms with van der Waals surface area (Å²) in [6.07, 6.45) is 6.78. The van der Waals surface area contributed by atoms with Crippen molar-refractivity contribution in [3.05, 3.63) is 53.2 Å². The average molecular weight is 412 g/mol. The predicted octanol–water partition coefficient (Wildman–Crippen LogP) is 3.25. The van der Waals surface area contributed by atoms with Crippen LogP contribution in [0.25, 0.3) is 0 Å². The number of nitrogens with one attached hydrogen (secondary N) is 3. The van der Waals surface area contributed by atoms with Gasteiger partial charge in [0, 0.05) is 30.4 Å². The van der Waals surface area contributed by atoms with Crippen molar-refractivity contribution in [2.75, 3.05) is 24.2 Å². The lowest BCUT2D eigenvalue weighted by atomic mass is 9.98. The number of benzene rings is 1. The van der Waals surface area contributed by atoms with Crippen molar-refractivity contribution >= 4 is 23.4 Å². The van der Waals surface area contributed by atoms with Gasteiger partial charge in [0.2, 0.25) is 0 Å². The van der Waals surface area contributed by atoms with E-state index in [4.69, 9.17) is 10.6 Å². The number of rotatable bonds is 8. The van der Waals surface area contributed by atoms with Crippen LogP contribution >= 0.6 is 0 Å². The summed E-state index contributed by atoms with van der Waals surface area (Å²) in [6.45, 7) is 2.89. The SMILES string of the molecule is CCNC(=O)Nc1cc(Cc2c(N)cccc2C(=O)NOCC2CCCC2)ccn1. The molecule has 0 radical (unpaired) electrons. The molecule has 3 amide bonds. The third-order valence-electron chi connectivity index (χ3n) is 5.20. The maximum absolute atomic E-state index is 12.7. The first-order valence-corrected chi connectivity index (χ1v) is 10.4. The second-order valence-corrected chi connectivity index (χ2v) is 7.48. The lowest BCUT2D eigenvalue weighted by molar-refractivity contribution is 0.0171. The van der Waals surface area contributed by atoms with Gasteiger partial charge in [-0.2, -0.15) is 0 Å². The van der Waals surface area contributed by atoms with Gasteiger partial charge in [-0.25, -0.2) is 15.3 Å². The Bertz CT molecular complexity index is 881. The highest BCUT2D eigenvalue weighted by atomic mass is 16.6. The first-order chi connectivity index (χ1) is 14.6. The van der Waals surface area contributed by atoms with Crippen LogP contribution < -0.4 is 21.8 Å². The zero-order valence-electron chi connectivity index (χ0n) is 17.2. The van der Waals surface area contributed by atoms with Gasteiger partial charge in [-0.15, -0.1) is 0 Å². The van der Waals surface area contributed by atoms with E-state index in [2.05, 4.69) is 21.1 Å². The summed E-state index contributed by atoms with van der Waals surface area (Å²) in [6, 6.07) is 8.52. The van der Waals surface area contributed by atoms with E-state index in [1.54, 1.807) is 30.5 Å². The minimum Gasteiger partial charge on any atom is -0.398 e. The molecule has 2 aromatic rings. The Morgan fingerprint density at radius 3 is 2.80 bits per heavy atom. The summed E-state index contributed by atoms with van der Waals surface area (Å²) in [5, 5.41) is 5.34. The first-order valence-electron chi connectivity index (χ1n) is 10.4. The van der Waals surface area contributed by atoms with Crippen LogP contribution in [-0.2, 0) is 11.3 Å². The molecule has 1 aliphatic rings. The van der Waals surface area contributed by atoms with E-state index in [1.165, 1.54) is 12.8 Å². The van der Waals surface area contributed by atoms with Crippen molar-refractivity contribution in [3.8, 4) is 0 Å². The van der Waals surface area contributed by atoms with Crippen molar-refractivity contribution < 1.29 is 14.4 Å². The number of nitrogens with zero attached hydrogens (tertiary/aromatic N) is 1. The highest BCUT2D eigenvalue weighted by molar-refractivity contribution is 5.96. The molecule has 5 N–H and O–H groups in total. The molecule has 1 aliphatic carbocycles. The van der Waals surface area contributed by atoms with E-state index in [9.17, 15) is 9.59 Å². The number of hydrogen-bond acceptors (Lipinski definition) is 5. The molecule has 1 fully saturated rings. The number of hydrogen-bond donors (Lipinski definition) is 4. The Hall–Kier alpha value is -3.13. The molecule has 1 heterocycles. The number of hydroxylamine groups is 1. The van der Waals surface area contributed by atoms with Gasteiger partial charge in [0.25, 0.3) is 5.91 Å². The largest absolute Gasteiger partial charge is 0.398 e. The molecule has 8 heteroatoms. The van der Waals surface area contributed by atoms with Crippen molar-refractivity contribution in [2.24, 2.45) is 5.92 Å². The molecule has 0 bridgehead atoms. The zero-order valence-corrected chi connectivity index (χ0v) is 17.2. The highest BCUT2D eigenvalue weighted by Gasteiger charge is 2.18. The Kier molecular flexibility index (Phi) is 7.62. The number of urea groups is 1. The van der Waals surface area contributed by atoms with Crippen molar-refractivity contribution in [3.63, 3.8) is 0 Å². The van der Waals surface area contributed by atoms with Gasteiger partial charge >= 0.3 is 6.03 Å². The molecular weight excluding hydrogens is 382 g/mol. The summed E-state index contributed by atoms with van der Waals surface area (Å²) in [7, 11) is 0. The quantitative estimate of drug-likeness (QED) is 0.393. The number of aromatic nitrogens is 1. The third kappa shape index (κ3) is 5.93. The van der Waals surface area contributed by atoms with Crippen molar-refractivity contribution in [2.45, 2.75) is 39.0 Å². The smallest absolute Gasteiger partial charge is 0.320 e. The second kappa shape index (κ2) is 10.6. The minimum atomic E-state index is -0.319. The van der Waals surface area contributed by atoms with Crippen LogP contribution in [0.5, 0.6) is 0 Å². The summed E-state index contributed by atoms with van der Waals surface area (Å²) < 4.78 is 0. The number of pyridine rings is 1. The summed E-state index contributed by atoms with van der Waals surface area (Å²) in [5.41, 5.74) is 11.3. The zero-order chi connectivity index (χ0) is 21.3. The first kappa shape index (κ1) is 21.6. The van der Waals surface area contributed by atoms with Crippen LogP contribution in [0.1, 0.15) is 54.1 Å². The molecular formula is C22H29N5O3. The molecule has 0 saturated heterocycles. The summed E-state index contributed by atoms with van der Waals surface area (Å²) in [4.78, 5) is 34.0. The molecule has 30 heavy (non-hydrogen) atoms. The number of anilines is 2. The van der Waals surface area contributed by atoms with Crippen LogP contribution in [0.3, 0.4) is 0 Å². The Balaban J connectivity index is 1.68. The standard InChI is InChI=1S/C22H29N5O3/c1-2-24-22(29)26-20-13-16(10-11-25-20)12-18-17(8-5-9-19(18)23)21(28)27-30-14-15-6-3-4-7-15/h5,8-11,13,15H,2-4,6-7,12,14,23H2,1H3,(H,27,28)(H2,24,25,26,29). The van der Waals surface area contributed by atoms with Gasteiger partial charge in [0.05, 0.1) is 6.61 Å². The maximum Gasteiger partial charge on any atom is 0.320 e. The Morgan fingerprint density at radius 1 is 1.23 bits per heavy atom. The minimum absolute atomic E-state index is 0.315. The van der Waals surface area contributed by atoms with Gasteiger partial charge in [0.1, 0.15) is 5.82 Å². The molecule has 0 aliphatic heterocycles. The van der Waals surface area contributed by atoms with E-state index < -0.39 is 0 Å². The molecule has 1 aromatic carbocycles. The maximum atomic E-state index is 12.7. The highest BCUT2D eigenvalue weighted by Crippen LogP contribution is 2.25. The van der Waals surface area contributed by atoms with Crippen LogP contribution in [0.2, 0.25) is 0 Å². The fraction of sp³-hybridized carbons (Fsp3) is 0.409. The van der Waals surface area contributed by atoms with Crippen molar-refractivity contribution in [1.29, 1.82) is 0 Å². The molecule has 0 unspecified atom stereocenters. The van der Waals surface area contributed by atoms with Crippen LogP contribution in [0.15, 0.2) is 36.5 Å². The fourth-order valence-corrected chi connectivity index (χ4v) is 3.65. The number of carbonyl (C=O) groups is 2. The number of carbonyl (C=O) groups excluding carboxylic acids is 2. The molecule has 8 nitrogen and oxygen atoms in total. The van der Waals surface area contributed by atoms with E-state index in [0.29, 0.717) is 48.1 Å². The topological polar surface area (TPSA) is 118 Å². The monoisotopic (exact) mass is 411 g/mol. The molecule has 0 spiro atoms. The summed E-state index contributed by atoms with van der Waals surface area (Å²) in [5.74, 6) is 0.627.